The van der Waals surface area contributed by atoms with E-state index < -0.39 is 0 Å². The maximum absolute atomic E-state index is 12.2. The average Bonchev–Trinajstić information content (AvgIpc) is 2.43. The molecule has 0 aromatic heterocycles. The molecule has 1 saturated heterocycles. The van der Waals surface area contributed by atoms with E-state index in [1.165, 1.54) is 0 Å². The molecule has 1 unspecified atom stereocenters. The Labute approximate surface area is 114 Å². The van der Waals surface area contributed by atoms with E-state index in [0.717, 1.165) is 37.4 Å². The monoisotopic (exact) mass is 262 g/mol. The van der Waals surface area contributed by atoms with Crippen LogP contribution >= 0.6 is 0 Å². The lowest BCUT2D eigenvalue weighted by Crippen LogP contribution is -2.49. The summed E-state index contributed by atoms with van der Waals surface area (Å²) in [6.07, 6.45) is 0. The van der Waals surface area contributed by atoms with E-state index >= 15 is 0 Å². The number of carbonyl (C=O) groups is 1. The van der Waals surface area contributed by atoms with Crippen LogP contribution in [0.3, 0.4) is 0 Å². The molecule has 1 heterocycles. The molecule has 0 aliphatic carbocycles. The predicted octanol–water partition coefficient (Wildman–Crippen LogP) is 0.303. The second-order valence-corrected chi connectivity index (χ2v) is 5.02. The maximum atomic E-state index is 12.2. The van der Waals surface area contributed by atoms with Crippen molar-refractivity contribution >= 4 is 11.6 Å². The smallest absolute Gasteiger partial charge is 0.241 e. The summed E-state index contributed by atoms with van der Waals surface area (Å²) in [5.74, 6) is 0.0364. The molecule has 2 rings (SSSR count). The van der Waals surface area contributed by atoms with Crippen LogP contribution in [0.4, 0.5) is 5.69 Å². The van der Waals surface area contributed by atoms with Crippen LogP contribution in [0.1, 0.15) is 11.6 Å². The minimum Gasteiger partial charge on any atom is -0.399 e. The molecule has 1 aromatic rings. The number of piperazine rings is 1. The summed E-state index contributed by atoms with van der Waals surface area (Å²) in [5, 5.41) is 2.76. The number of anilines is 1. The number of hydrogen-bond acceptors (Lipinski definition) is 4. The van der Waals surface area contributed by atoms with Gasteiger partial charge in [0.25, 0.3) is 0 Å². The third-order valence-electron chi connectivity index (χ3n) is 3.65. The van der Waals surface area contributed by atoms with Gasteiger partial charge in [-0.25, -0.2) is 0 Å². The van der Waals surface area contributed by atoms with Gasteiger partial charge in [0.05, 0.1) is 0 Å². The predicted molar refractivity (Wildman–Crippen MR) is 76.7 cm³/mol. The fourth-order valence-corrected chi connectivity index (χ4v) is 2.42. The van der Waals surface area contributed by atoms with Crippen molar-refractivity contribution in [2.24, 2.45) is 0 Å². The third-order valence-corrected chi connectivity index (χ3v) is 3.65. The van der Waals surface area contributed by atoms with Crippen molar-refractivity contribution in [3.63, 3.8) is 0 Å². The number of rotatable bonds is 3. The third kappa shape index (κ3) is 3.24. The Kier molecular flexibility index (Phi) is 4.39. The number of benzene rings is 1. The Balaban J connectivity index is 2.21. The highest BCUT2D eigenvalue weighted by Crippen LogP contribution is 2.23. The van der Waals surface area contributed by atoms with E-state index in [9.17, 15) is 4.79 Å². The number of likely N-dealkylation sites (N-methyl/N-ethyl adjacent to an activating group) is 2. The molecule has 3 N–H and O–H groups in total. The first-order valence-corrected chi connectivity index (χ1v) is 6.61. The molecule has 1 amide bonds. The molecule has 1 aromatic carbocycles. The maximum Gasteiger partial charge on any atom is 0.241 e. The minimum atomic E-state index is -0.223. The van der Waals surface area contributed by atoms with Gasteiger partial charge in [-0.05, 0) is 24.7 Å². The van der Waals surface area contributed by atoms with Gasteiger partial charge < -0.3 is 16.0 Å². The van der Waals surface area contributed by atoms with Crippen LogP contribution in [0.2, 0.25) is 0 Å². The van der Waals surface area contributed by atoms with Crippen LogP contribution in [0.15, 0.2) is 24.3 Å². The standard InChI is InChI=1S/C14H22N4O/c1-16-14(19)13(11-3-5-12(15)6-4-11)18-9-7-17(2)8-10-18/h3-6,13H,7-10,15H2,1-2H3,(H,16,19). The molecule has 1 aliphatic heterocycles. The molecule has 0 bridgehead atoms. The number of carbonyl (C=O) groups excluding carboxylic acids is 1. The summed E-state index contributed by atoms with van der Waals surface area (Å²) in [6, 6.07) is 7.35. The van der Waals surface area contributed by atoms with E-state index in [4.69, 9.17) is 5.73 Å². The van der Waals surface area contributed by atoms with Crippen molar-refractivity contribution in [1.29, 1.82) is 0 Å². The summed E-state index contributed by atoms with van der Waals surface area (Å²) in [7, 11) is 3.79. The van der Waals surface area contributed by atoms with Gasteiger partial charge in [-0.1, -0.05) is 12.1 Å². The largest absolute Gasteiger partial charge is 0.399 e. The summed E-state index contributed by atoms with van der Waals surface area (Å²) in [6.45, 7) is 3.78. The van der Waals surface area contributed by atoms with E-state index in [1.54, 1.807) is 7.05 Å². The van der Waals surface area contributed by atoms with Crippen LogP contribution < -0.4 is 11.1 Å². The van der Waals surface area contributed by atoms with Crippen molar-refractivity contribution < 1.29 is 4.79 Å². The molecule has 0 radical (unpaired) electrons. The Morgan fingerprint density at radius 3 is 2.32 bits per heavy atom. The minimum absolute atomic E-state index is 0.0364. The van der Waals surface area contributed by atoms with Crippen LogP contribution in [-0.4, -0.2) is 56.0 Å². The van der Waals surface area contributed by atoms with Crippen molar-refractivity contribution in [3.05, 3.63) is 29.8 Å². The first-order chi connectivity index (χ1) is 9.11. The Hall–Kier alpha value is -1.59. The molecule has 5 nitrogen and oxygen atoms in total. The van der Waals surface area contributed by atoms with Gasteiger partial charge in [-0.2, -0.15) is 0 Å². The number of amides is 1. The molecule has 0 spiro atoms. The van der Waals surface area contributed by atoms with Gasteiger partial charge in [-0.15, -0.1) is 0 Å². The molecule has 104 valence electrons. The normalized spacial score (nSPS) is 19.1. The number of nitrogen functional groups attached to an aromatic ring is 1. The number of hydrogen-bond donors (Lipinski definition) is 2. The Morgan fingerprint density at radius 1 is 1.21 bits per heavy atom. The zero-order valence-corrected chi connectivity index (χ0v) is 11.6. The van der Waals surface area contributed by atoms with Gasteiger partial charge in [0.15, 0.2) is 0 Å². The van der Waals surface area contributed by atoms with Crippen LogP contribution in [0.25, 0.3) is 0 Å². The lowest BCUT2D eigenvalue weighted by atomic mass is 10.0. The number of nitrogens with one attached hydrogen (secondary N) is 1. The zero-order valence-electron chi connectivity index (χ0n) is 11.6. The fraction of sp³-hybridized carbons (Fsp3) is 0.500. The molecule has 5 heteroatoms. The van der Waals surface area contributed by atoms with Gasteiger partial charge >= 0.3 is 0 Å². The SMILES string of the molecule is CNC(=O)C(c1ccc(N)cc1)N1CCN(C)CC1. The van der Waals surface area contributed by atoms with Crippen LogP contribution in [0, 0.1) is 0 Å². The fourth-order valence-electron chi connectivity index (χ4n) is 2.42. The van der Waals surface area contributed by atoms with E-state index in [2.05, 4.69) is 22.2 Å². The molecule has 1 aliphatic rings. The van der Waals surface area contributed by atoms with Crippen molar-refractivity contribution in [2.45, 2.75) is 6.04 Å². The van der Waals surface area contributed by atoms with Crippen LogP contribution in [0.5, 0.6) is 0 Å². The lowest BCUT2D eigenvalue weighted by Gasteiger charge is -2.37. The van der Waals surface area contributed by atoms with Crippen molar-refractivity contribution in [2.75, 3.05) is 46.0 Å². The summed E-state index contributed by atoms with van der Waals surface area (Å²) >= 11 is 0. The Bertz CT molecular complexity index is 424. The van der Waals surface area contributed by atoms with E-state index in [1.807, 2.05) is 24.3 Å². The van der Waals surface area contributed by atoms with Crippen molar-refractivity contribution in [1.82, 2.24) is 15.1 Å². The first kappa shape index (κ1) is 13.8. The lowest BCUT2D eigenvalue weighted by molar-refractivity contribution is -0.126. The molecule has 19 heavy (non-hydrogen) atoms. The van der Waals surface area contributed by atoms with E-state index in [0.29, 0.717) is 0 Å². The van der Waals surface area contributed by atoms with E-state index in [-0.39, 0.29) is 11.9 Å². The van der Waals surface area contributed by atoms with Gasteiger partial charge in [0, 0.05) is 38.9 Å². The van der Waals surface area contributed by atoms with Gasteiger partial charge in [-0.3, -0.25) is 9.69 Å². The zero-order chi connectivity index (χ0) is 13.8. The van der Waals surface area contributed by atoms with Gasteiger partial charge in [0.1, 0.15) is 6.04 Å². The van der Waals surface area contributed by atoms with Crippen molar-refractivity contribution in [3.8, 4) is 0 Å². The molecule has 1 atom stereocenters. The quantitative estimate of drug-likeness (QED) is 0.769. The second-order valence-electron chi connectivity index (χ2n) is 5.02. The van der Waals surface area contributed by atoms with Gasteiger partial charge in [0.2, 0.25) is 5.91 Å². The highest BCUT2D eigenvalue weighted by Gasteiger charge is 2.28. The topological polar surface area (TPSA) is 61.6 Å². The summed E-state index contributed by atoms with van der Waals surface area (Å²) in [4.78, 5) is 16.7. The first-order valence-electron chi connectivity index (χ1n) is 6.61. The number of nitrogens with two attached hydrogens (primary N) is 1. The highest BCUT2D eigenvalue weighted by molar-refractivity contribution is 5.83. The average molecular weight is 262 g/mol. The molecular formula is C14H22N4O. The molecule has 0 saturated carbocycles. The molecule has 1 fully saturated rings. The summed E-state index contributed by atoms with van der Waals surface area (Å²) in [5.41, 5.74) is 7.43. The Morgan fingerprint density at radius 2 is 1.79 bits per heavy atom. The van der Waals surface area contributed by atoms with Crippen LogP contribution in [-0.2, 0) is 4.79 Å². The number of nitrogens with zero attached hydrogens (tertiary/aromatic N) is 2. The second kappa shape index (κ2) is 6.04. The summed E-state index contributed by atoms with van der Waals surface area (Å²) < 4.78 is 0. The highest BCUT2D eigenvalue weighted by atomic mass is 16.2. The molecular weight excluding hydrogens is 240 g/mol.